The van der Waals surface area contributed by atoms with E-state index in [0.717, 1.165) is 38.9 Å². The van der Waals surface area contributed by atoms with E-state index in [-0.39, 0.29) is 0 Å². The molecule has 0 heterocycles. The summed E-state index contributed by atoms with van der Waals surface area (Å²) in [5.41, 5.74) is 0. The van der Waals surface area contributed by atoms with Crippen LogP contribution in [0.4, 0.5) is 0 Å². The fourth-order valence-electron chi connectivity index (χ4n) is 2.55. The van der Waals surface area contributed by atoms with Crippen LogP contribution >= 0.6 is 0 Å². The minimum Gasteiger partial charge on any atom is -0.350 e. The van der Waals surface area contributed by atoms with E-state index in [9.17, 15) is 0 Å². The number of unbranched alkanes of at least 4 members (excludes halogenated alkanes) is 6. The topological polar surface area (TPSA) is 18.5 Å². The summed E-state index contributed by atoms with van der Waals surface area (Å²) in [6.45, 7) is 12.0. The monoisotopic (exact) mass is 298 g/mol. The number of ether oxygens (including phenoxy) is 2. The molecule has 0 aliphatic heterocycles. The standard InChI is InChI=1S/C19H38O2/c1-5-9-10-11-12-13-14-16-19(15-6-2,20-17-7-3)21-18-8-4/h6H,2,5,7-18H2,1,3-4H3. The lowest BCUT2D eigenvalue weighted by Gasteiger charge is -2.33. The van der Waals surface area contributed by atoms with Gasteiger partial charge in [-0.2, -0.15) is 0 Å². The van der Waals surface area contributed by atoms with Crippen molar-refractivity contribution in [1.29, 1.82) is 0 Å². The van der Waals surface area contributed by atoms with Crippen molar-refractivity contribution in [3.63, 3.8) is 0 Å². The summed E-state index contributed by atoms with van der Waals surface area (Å²) in [6.07, 6.45) is 15.0. The lowest BCUT2D eigenvalue weighted by atomic mass is 10.0. The summed E-state index contributed by atoms with van der Waals surface area (Å²) in [7, 11) is 0. The molecule has 0 unspecified atom stereocenters. The van der Waals surface area contributed by atoms with Gasteiger partial charge in [-0.15, -0.1) is 6.58 Å². The Labute approximate surface area is 133 Å². The van der Waals surface area contributed by atoms with Crippen molar-refractivity contribution in [2.24, 2.45) is 0 Å². The molecule has 0 spiro atoms. The molecule has 0 saturated carbocycles. The van der Waals surface area contributed by atoms with Crippen molar-refractivity contribution in [3.8, 4) is 0 Å². The quantitative estimate of drug-likeness (QED) is 0.190. The molecule has 2 heteroatoms. The van der Waals surface area contributed by atoms with E-state index in [1.54, 1.807) is 0 Å². The first-order valence-corrected chi connectivity index (χ1v) is 9.13. The van der Waals surface area contributed by atoms with Gasteiger partial charge >= 0.3 is 0 Å². The molecular weight excluding hydrogens is 260 g/mol. The average Bonchev–Trinajstić information content (AvgIpc) is 2.50. The highest BCUT2D eigenvalue weighted by Gasteiger charge is 2.29. The first-order valence-electron chi connectivity index (χ1n) is 9.13. The normalized spacial score (nSPS) is 11.8. The van der Waals surface area contributed by atoms with Gasteiger partial charge in [0.05, 0.1) is 0 Å². The van der Waals surface area contributed by atoms with Gasteiger partial charge in [0.15, 0.2) is 5.79 Å². The van der Waals surface area contributed by atoms with Crippen LogP contribution in [0.1, 0.15) is 91.4 Å². The summed E-state index contributed by atoms with van der Waals surface area (Å²) in [5.74, 6) is -0.419. The second-order valence-electron chi connectivity index (χ2n) is 5.97. The lowest BCUT2D eigenvalue weighted by Crippen LogP contribution is -2.36. The van der Waals surface area contributed by atoms with Crippen LogP contribution in [0, 0.1) is 0 Å². The minimum atomic E-state index is -0.419. The van der Waals surface area contributed by atoms with Crippen LogP contribution in [0.3, 0.4) is 0 Å². The van der Waals surface area contributed by atoms with Crippen molar-refractivity contribution in [3.05, 3.63) is 12.7 Å². The molecule has 0 aromatic carbocycles. The minimum absolute atomic E-state index is 0.419. The molecule has 0 saturated heterocycles. The molecular formula is C19H38O2. The van der Waals surface area contributed by atoms with Crippen molar-refractivity contribution in [1.82, 2.24) is 0 Å². The Balaban J connectivity index is 4.13. The van der Waals surface area contributed by atoms with Crippen LogP contribution in [-0.2, 0) is 9.47 Å². The van der Waals surface area contributed by atoms with E-state index >= 15 is 0 Å². The Bertz CT molecular complexity index is 218. The number of rotatable bonds is 16. The molecule has 0 radical (unpaired) electrons. The molecule has 0 atom stereocenters. The van der Waals surface area contributed by atoms with Crippen molar-refractivity contribution in [2.45, 2.75) is 97.2 Å². The zero-order valence-electron chi connectivity index (χ0n) is 14.8. The number of hydrogen-bond donors (Lipinski definition) is 0. The Hall–Kier alpha value is -0.340. The highest BCUT2D eigenvalue weighted by atomic mass is 16.7. The molecule has 0 amide bonds. The molecule has 0 aromatic rings. The molecule has 0 aliphatic carbocycles. The molecule has 0 aromatic heterocycles. The van der Waals surface area contributed by atoms with Crippen molar-refractivity contribution < 1.29 is 9.47 Å². The van der Waals surface area contributed by atoms with Gasteiger partial charge in [0.1, 0.15) is 0 Å². The van der Waals surface area contributed by atoms with E-state index < -0.39 is 5.79 Å². The predicted octanol–water partition coefficient (Wildman–Crippen LogP) is 6.25. The third-order valence-corrected chi connectivity index (χ3v) is 3.76. The largest absolute Gasteiger partial charge is 0.350 e. The summed E-state index contributed by atoms with van der Waals surface area (Å²) in [6, 6.07) is 0. The summed E-state index contributed by atoms with van der Waals surface area (Å²) < 4.78 is 12.1. The molecule has 2 nitrogen and oxygen atoms in total. The smallest absolute Gasteiger partial charge is 0.171 e. The second kappa shape index (κ2) is 14.6. The van der Waals surface area contributed by atoms with E-state index in [4.69, 9.17) is 9.47 Å². The first-order chi connectivity index (χ1) is 10.2. The van der Waals surface area contributed by atoms with Crippen molar-refractivity contribution in [2.75, 3.05) is 13.2 Å². The van der Waals surface area contributed by atoms with Crippen LogP contribution in [0.15, 0.2) is 12.7 Å². The molecule has 0 N–H and O–H groups in total. The second-order valence-corrected chi connectivity index (χ2v) is 5.97. The van der Waals surface area contributed by atoms with Crippen molar-refractivity contribution >= 4 is 0 Å². The Morgan fingerprint density at radius 2 is 1.29 bits per heavy atom. The Morgan fingerprint density at radius 3 is 1.76 bits per heavy atom. The number of hydrogen-bond acceptors (Lipinski definition) is 2. The maximum absolute atomic E-state index is 6.07. The maximum atomic E-state index is 6.07. The van der Waals surface area contributed by atoms with Gasteiger partial charge in [-0.05, 0) is 19.3 Å². The van der Waals surface area contributed by atoms with E-state index in [0.29, 0.717) is 0 Å². The zero-order valence-corrected chi connectivity index (χ0v) is 14.8. The average molecular weight is 299 g/mol. The summed E-state index contributed by atoms with van der Waals surface area (Å²) in [4.78, 5) is 0. The van der Waals surface area contributed by atoms with Crippen LogP contribution in [-0.4, -0.2) is 19.0 Å². The van der Waals surface area contributed by atoms with Gasteiger partial charge in [0.25, 0.3) is 0 Å². The van der Waals surface area contributed by atoms with Gasteiger partial charge in [-0.3, -0.25) is 0 Å². The van der Waals surface area contributed by atoms with E-state index in [1.807, 2.05) is 6.08 Å². The van der Waals surface area contributed by atoms with Crippen LogP contribution in [0.25, 0.3) is 0 Å². The van der Waals surface area contributed by atoms with E-state index in [1.165, 1.54) is 44.9 Å². The van der Waals surface area contributed by atoms with Crippen LogP contribution < -0.4 is 0 Å². The Kier molecular flexibility index (Phi) is 14.4. The van der Waals surface area contributed by atoms with Gasteiger partial charge in [0, 0.05) is 26.1 Å². The van der Waals surface area contributed by atoms with Gasteiger partial charge < -0.3 is 9.47 Å². The maximum Gasteiger partial charge on any atom is 0.171 e. The van der Waals surface area contributed by atoms with Gasteiger partial charge in [-0.25, -0.2) is 0 Å². The highest BCUT2D eigenvalue weighted by Crippen LogP contribution is 2.27. The summed E-state index contributed by atoms with van der Waals surface area (Å²) >= 11 is 0. The zero-order chi connectivity index (χ0) is 15.8. The van der Waals surface area contributed by atoms with Crippen LogP contribution in [0.5, 0.6) is 0 Å². The van der Waals surface area contributed by atoms with Crippen LogP contribution in [0.2, 0.25) is 0 Å². The first kappa shape index (κ1) is 20.7. The molecule has 21 heavy (non-hydrogen) atoms. The third-order valence-electron chi connectivity index (χ3n) is 3.76. The molecule has 0 bridgehead atoms. The fourth-order valence-corrected chi connectivity index (χ4v) is 2.55. The predicted molar refractivity (Wildman–Crippen MR) is 92.6 cm³/mol. The third kappa shape index (κ3) is 11.0. The molecule has 0 rings (SSSR count). The van der Waals surface area contributed by atoms with Gasteiger partial charge in [0.2, 0.25) is 0 Å². The fraction of sp³-hybridized carbons (Fsp3) is 0.895. The Morgan fingerprint density at radius 1 is 0.762 bits per heavy atom. The SMILES string of the molecule is C=CCC(CCCCCCCCC)(OCCC)OCCC. The molecule has 126 valence electrons. The van der Waals surface area contributed by atoms with Gasteiger partial charge in [-0.1, -0.05) is 65.4 Å². The molecule has 0 aliphatic rings. The lowest BCUT2D eigenvalue weighted by molar-refractivity contribution is -0.239. The summed E-state index contributed by atoms with van der Waals surface area (Å²) in [5, 5.41) is 0. The van der Waals surface area contributed by atoms with E-state index in [2.05, 4.69) is 27.4 Å². The highest BCUT2D eigenvalue weighted by molar-refractivity contribution is 4.81. The molecule has 0 fully saturated rings.